The highest BCUT2D eigenvalue weighted by molar-refractivity contribution is 5.44. The Labute approximate surface area is 70.1 Å². The monoisotopic (exact) mass is 169 g/mol. The topological polar surface area (TPSA) is 64.5 Å². The first kappa shape index (κ1) is 7.42. The SMILES string of the molecule is Nc1cc(N2CCOCC2)no1. The molecule has 0 radical (unpaired) electrons. The molecule has 1 saturated heterocycles. The van der Waals surface area contributed by atoms with Gasteiger partial charge in [0.15, 0.2) is 5.82 Å². The van der Waals surface area contributed by atoms with Gasteiger partial charge in [0, 0.05) is 19.2 Å². The van der Waals surface area contributed by atoms with Crippen LogP contribution in [-0.4, -0.2) is 31.5 Å². The summed E-state index contributed by atoms with van der Waals surface area (Å²) >= 11 is 0. The number of anilines is 2. The van der Waals surface area contributed by atoms with Crippen LogP contribution in [0.4, 0.5) is 11.7 Å². The van der Waals surface area contributed by atoms with E-state index in [2.05, 4.69) is 10.1 Å². The van der Waals surface area contributed by atoms with Gasteiger partial charge in [0.2, 0.25) is 5.88 Å². The van der Waals surface area contributed by atoms with Gasteiger partial charge >= 0.3 is 0 Å². The third-order valence-corrected chi connectivity index (χ3v) is 1.85. The smallest absolute Gasteiger partial charge is 0.224 e. The van der Waals surface area contributed by atoms with Crippen molar-refractivity contribution in [3.63, 3.8) is 0 Å². The number of nitrogens with zero attached hydrogens (tertiary/aromatic N) is 2. The highest BCUT2D eigenvalue weighted by atomic mass is 16.5. The summed E-state index contributed by atoms with van der Waals surface area (Å²) in [5.41, 5.74) is 5.40. The summed E-state index contributed by atoms with van der Waals surface area (Å²) < 4.78 is 9.96. The van der Waals surface area contributed by atoms with Gasteiger partial charge in [-0.2, -0.15) is 0 Å². The van der Waals surface area contributed by atoms with E-state index in [0.29, 0.717) is 5.88 Å². The van der Waals surface area contributed by atoms with Gasteiger partial charge in [-0.05, 0) is 0 Å². The van der Waals surface area contributed by atoms with Crippen molar-refractivity contribution >= 4 is 11.7 Å². The third-order valence-electron chi connectivity index (χ3n) is 1.85. The molecule has 0 bridgehead atoms. The number of hydrogen-bond acceptors (Lipinski definition) is 5. The zero-order chi connectivity index (χ0) is 8.39. The van der Waals surface area contributed by atoms with E-state index in [1.54, 1.807) is 6.07 Å². The molecule has 2 heterocycles. The minimum Gasteiger partial charge on any atom is -0.378 e. The number of hydrogen-bond donors (Lipinski definition) is 1. The Hall–Kier alpha value is -1.23. The lowest BCUT2D eigenvalue weighted by Gasteiger charge is -2.25. The summed E-state index contributed by atoms with van der Waals surface area (Å²) in [5.74, 6) is 1.16. The van der Waals surface area contributed by atoms with Gasteiger partial charge in [-0.1, -0.05) is 5.16 Å². The van der Waals surface area contributed by atoms with Gasteiger partial charge in [0.25, 0.3) is 0 Å². The first-order valence-corrected chi connectivity index (χ1v) is 3.91. The molecule has 12 heavy (non-hydrogen) atoms. The molecule has 0 saturated carbocycles. The van der Waals surface area contributed by atoms with Crippen LogP contribution in [0.2, 0.25) is 0 Å². The molecule has 66 valence electrons. The van der Waals surface area contributed by atoms with Crippen molar-refractivity contribution in [1.29, 1.82) is 0 Å². The third kappa shape index (κ3) is 1.35. The van der Waals surface area contributed by atoms with Crippen molar-refractivity contribution in [2.24, 2.45) is 0 Å². The average molecular weight is 169 g/mol. The Morgan fingerprint density at radius 1 is 1.42 bits per heavy atom. The maximum atomic E-state index is 5.40. The summed E-state index contributed by atoms with van der Waals surface area (Å²) in [6.07, 6.45) is 0. The lowest BCUT2D eigenvalue weighted by molar-refractivity contribution is 0.122. The molecule has 2 rings (SSSR count). The van der Waals surface area contributed by atoms with E-state index in [4.69, 9.17) is 15.0 Å². The zero-order valence-corrected chi connectivity index (χ0v) is 6.69. The number of rotatable bonds is 1. The van der Waals surface area contributed by atoms with Crippen LogP contribution in [-0.2, 0) is 4.74 Å². The van der Waals surface area contributed by atoms with Crippen molar-refractivity contribution in [3.05, 3.63) is 6.07 Å². The summed E-state index contributed by atoms with van der Waals surface area (Å²) in [4.78, 5) is 2.09. The van der Waals surface area contributed by atoms with Gasteiger partial charge in [0.1, 0.15) is 0 Å². The van der Waals surface area contributed by atoms with Gasteiger partial charge < -0.3 is 19.9 Å². The van der Waals surface area contributed by atoms with Crippen LogP contribution >= 0.6 is 0 Å². The maximum Gasteiger partial charge on any atom is 0.224 e. The van der Waals surface area contributed by atoms with Crippen LogP contribution in [0.1, 0.15) is 0 Å². The van der Waals surface area contributed by atoms with Crippen LogP contribution in [0.15, 0.2) is 10.6 Å². The molecule has 1 aliphatic rings. The highest BCUT2D eigenvalue weighted by Crippen LogP contribution is 2.16. The van der Waals surface area contributed by atoms with Crippen molar-refractivity contribution in [3.8, 4) is 0 Å². The largest absolute Gasteiger partial charge is 0.378 e. The first-order valence-electron chi connectivity index (χ1n) is 3.91. The predicted octanol–water partition coefficient (Wildman–Crippen LogP) is 0.0934. The minimum absolute atomic E-state index is 0.358. The fourth-order valence-corrected chi connectivity index (χ4v) is 1.22. The predicted molar refractivity (Wildman–Crippen MR) is 43.9 cm³/mol. The number of aromatic nitrogens is 1. The summed E-state index contributed by atoms with van der Waals surface area (Å²) in [5, 5.41) is 3.81. The van der Waals surface area contributed by atoms with Crippen LogP contribution < -0.4 is 10.6 Å². The molecule has 1 aromatic rings. The van der Waals surface area contributed by atoms with E-state index in [1.807, 2.05) is 0 Å². The second-order valence-corrected chi connectivity index (χ2v) is 2.69. The molecule has 1 aliphatic heterocycles. The average Bonchev–Trinajstić information content (AvgIpc) is 2.54. The van der Waals surface area contributed by atoms with E-state index in [9.17, 15) is 0 Å². The van der Waals surface area contributed by atoms with Gasteiger partial charge in [-0.3, -0.25) is 0 Å². The van der Waals surface area contributed by atoms with E-state index >= 15 is 0 Å². The van der Waals surface area contributed by atoms with E-state index in [1.165, 1.54) is 0 Å². The van der Waals surface area contributed by atoms with Crippen molar-refractivity contribution < 1.29 is 9.26 Å². The zero-order valence-electron chi connectivity index (χ0n) is 6.69. The first-order chi connectivity index (χ1) is 5.86. The van der Waals surface area contributed by atoms with Crippen molar-refractivity contribution in [1.82, 2.24) is 5.16 Å². The molecular formula is C7H11N3O2. The maximum absolute atomic E-state index is 5.40. The standard InChI is InChI=1S/C7H11N3O2/c8-6-5-7(9-12-6)10-1-3-11-4-2-10/h5H,1-4,8H2. The summed E-state index contributed by atoms with van der Waals surface area (Å²) in [7, 11) is 0. The number of nitrogens with two attached hydrogens (primary N) is 1. The van der Waals surface area contributed by atoms with Crippen molar-refractivity contribution in [2.45, 2.75) is 0 Å². The Morgan fingerprint density at radius 2 is 2.17 bits per heavy atom. The van der Waals surface area contributed by atoms with Crippen molar-refractivity contribution in [2.75, 3.05) is 36.9 Å². The Morgan fingerprint density at radius 3 is 2.75 bits per heavy atom. The van der Waals surface area contributed by atoms with Gasteiger partial charge in [0.05, 0.1) is 13.2 Å². The Kier molecular flexibility index (Phi) is 1.87. The fourth-order valence-electron chi connectivity index (χ4n) is 1.22. The number of ether oxygens (including phenoxy) is 1. The lowest BCUT2D eigenvalue weighted by Crippen LogP contribution is -2.36. The molecule has 0 amide bonds. The normalized spacial score (nSPS) is 18.2. The van der Waals surface area contributed by atoms with Crippen LogP contribution in [0.3, 0.4) is 0 Å². The molecule has 1 aromatic heterocycles. The quantitative estimate of drug-likeness (QED) is 0.645. The van der Waals surface area contributed by atoms with Gasteiger partial charge in [-0.15, -0.1) is 0 Å². The molecule has 0 spiro atoms. The molecule has 0 aromatic carbocycles. The molecular weight excluding hydrogens is 158 g/mol. The minimum atomic E-state index is 0.358. The lowest BCUT2D eigenvalue weighted by atomic mass is 10.4. The number of morpholine rings is 1. The fraction of sp³-hybridized carbons (Fsp3) is 0.571. The Bertz CT molecular complexity index is 255. The van der Waals surface area contributed by atoms with E-state index in [-0.39, 0.29) is 0 Å². The molecule has 2 N–H and O–H groups in total. The van der Waals surface area contributed by atoms with E-state index in [0.717, 1.165) is 32.1 Å². The second-order valence-electron chi connectivity index (χ2n) is 2.69. The summed E-state index contributed by atoms with van der Waals surface area (Å²) in [6.45, 7) is 3.19. The van der Waals surface area contributed by atoms with Crippen LogP contribution in [0.5, 0.6) is 0 Å². The summed E-state index contributed by atoms with van der Waals surface area (Å²) in [6, 6.07) is 1.73. The van der Waals surface area contributed by atoms with Crippen LogP contribution in [0, 0.1) is 0 Å². The molecule has 0 atom stereocenters. The number of nitrogen functional groups attached to an aromatic ring is 1. The highest BCUT2D eigenvalue weighted by Gasteiger charge is 2.14. The van der Waals surface area contributed by atoms with E-state index < -0.39 is 0 Å². The Balaban J connectivity index is 2.08. The van der Waals surface area contributed by atoms with Crippen LogP contribution in [0.25, 0.3) is 0 Å². The molecule has 0 unspecified atom stereocenters. The van der Waals surface area contributed by atoms with Gasteiger partial charge in [-0.25, -0.2) is 0 Å². The molecule has 5 nitrogen and oxygen atoms in total. The molecule has 5 heteroatoms. The second kappa shape index (κ2) is 3.02. The molecule has 1 fully saturated rings. The molecule has 0 aliphatic carbocycles.